The lowest BCUT2D eigenvalue weighted by molar-refractivity contribution is -0.137. The minimum absolute atomic E-state index is 0.0360. The molecule has 1 amide bonds. The number of hydrogen-bond acceptors (Lipinski definition) is 5. The zero-order valence-electron chi connectivity index (χ0n) is 10.3. The van der Waals surface area contributed by atoms with Crippen molar-refractivity contribution in [2.75, 3.05) is 18.4 Å². The van der Waals surface area contributed by atoms with E-state index in [0.717, 1.165) is 5.56 Å². The number of aryl methyl sites for hydroxylation is 1. The van der Waals surface area contributed by atoms with E-state index < -0.39 is 18.4 Å². The largest absolute Gasteiger partial charge is 0.480 e. The van der Waals surface area contributed by atoms with Gasteiger partial charge in [-0.15, -0.1) is 0 Å². The molecule has 0 atom stereocenters. The van der Waals surface area contributed by atoms with Crippen LogP contribution in [0.1, 0.15) is 5.56 Å². The van der Waals surface area contributed by atoms with E-state index in [4.69, 9.17) is 5.11 Å². The first-order valence-corrected chi connectivity index (χ1v) is 5.59. The zero-order chi connectivity index (χ0) is 13.8. The molecule has 0 aliphatic carbocycles. The Hall–Kier alpha value is -2.64. The predicted octanol–water partition coefficient (Wildman–Crippen LogP) is -0.350. The Kier molecular flexibility index (Phi) is 3.60. The fourth-order valence-electron chi connectivity index (χ4n) is 1.59. The molecule has 19 heavy (non-hydrogen) atoms. The Bertz CT molecular complexity index is 622. The maximum atomic E-state index is 11.4. The van der Waals surface area contributed by atoms with Crippen LogP contribution in [-0.4, -0.2) is 44.7 Å². The van der Waals surface area contributed by atoms with Crippen molar-refractivity contribution in [3.8, 4) is 0 Å². The van der Waals surface area contributed by atoms with Crippen LogP contribution in [0.25, 0.3) is 5.65 Å². The Morgan fingerprint density at radius 1 is 1.37 bits per heavy atom. The summed E-state index contributed by atoms with van der Waals surface area (Å²) in [5, 5.41) is 17.6. The average Bonchev–Trinajstić information content (AvgIpc) is 2.81. The molecule has 0 spiro atoms. The molecule has 0 fully saturated rings. The van der Waals surface area contributed by atoms with E-state index in [1.807, 2.05) is 19.1 Å². The third-order valence-electron chi connectivity index (χ3n) is 2.39. The van der Waals surface area contributed by atoms with E-state index in [1.54, 1.807) is 4.52 Å². The molecule has 8 nitrogen and oxygen atoms in total. The SMILES string of the molecule is Cc1cc(NCC(=O)NCC(=O)O)n2ncnc2c1. The van der Waals surface area contributed by atoms with Gasteiger partial charge in [0.15, 0.2) is 5.65 Å². The third-order valence-corrected chi connectivity index (χ3v) is 2.39. The van der Waals surface area contributed by atoms with E-state index in [0.29, 0.717) is 11.5 Å². The van der Waals surface area contributed by atoms with Crippen molar-refractivity contribution in [2.45, 2.75) is 6.92 Å². The van der Waals surface area contributed by atoms with E-state index in [-0.39, 0.29) is 6.54 Å². The first-order chi connectivity index (χ1) is 9.06. The Labute approximate surface area is 108 Å². The minimum atomic E-state index is -1.08. The van der Waals surface area contributed by atoms with Crippen LogP contribution in [-0.2, 0) is 9.59 Å². The number of pyridine rings is 1. The number of carboxylic acids is 1. The molecule has 8 heteroatoms. The quantitative estimate of drug-likeness (QED) is 0.680. The van der Waals surface area contributed by atoms with Crippen LogP contribution in [0.3, 0.4) is 0 Å². The topological polar surface area (TPSA) is 109 Å². The van der Waals surface area contributed by atoms with E-state index in [9.17, 15) is 9.59 Å². The number of rotatable bonds is 5. The van der Waals surface area contributed by atoms with Gasteiger partial charge in [-0.25, -0.2) is 4.98 Å². The molecule has 0 radical (unpaired) electrons. The van der Waals surface area contributed by atoms with Crippen molar-refractivity contribution in [1.29, 1.82) is 0 Å². The molecular weight excluding hydrogens is 250 g/mol. The van der Waals surface area contributed by atoms with Gasteiger partial charge in [-0.2, -0.15) is 9.61 Å². The summed E-state index contributed by atoms with van der Waals surface area (Å²) < 4.78 is 1.57. The van der Waals surface area contributed by atoms with Crippen molar-refractivity contribution < 1.29 is 14.7 Å². The smallest absolute Gasteiger partial charge is 0.322 e. The molecular formula is C11H13N5O3. The number of carbonyl (C=O) groups excluding carboxylic acids is 1. The number of hydrogen-bond donors (Lipinski definition) is 3. The van der Waals surface area contributed by atoms with E-state index in [2.05, 4.69) is 20.7 Å². The van der Waals surface area contributed by atoms with Crippen LogP contribution in [0.5, 0.6) is 0 Å². The second-order valence-electron chi connectivity index (χ2n) is 3.97. The van der Waals surface area contributed by atoms with Crippen molar-refractivity contribution in [2.24, 2.45) is 0 Å². The maximum Gasteiger partial charge on any atom is 0.322 e. The standard InChI is InChI=1S/C11H13N5O3/c1-7-2-8(16-9(3-7)14-6-15-16)12-4-10(17)13-5-11(18)19/h2-3,6,12H,4-5H2,1H3,(H,13,17)(H,18,19). The number of aliphatic carboxylic acids is 1. The second kappa shape index (κ2) is 5.34. The van der Waals surface area contributed by atoms with Gasteiger partial charge < -0.3 is 15.7 Å². The van der Waals surface area contributed by atoms with E-state index >= 15 is 0 Å². The summed E-state index contributed by atoms with van der Waals surface area (Å²) in [7, 11) is 0. The van der Waals surface area contributed by atoms with Gasteiger partial charge in [0.1, 0.15) is 18.7 Å². The van der Waals surface area contributed by atoms with Gasteiger partial charge in [0.2, 0.25) is 5.91 Å². The number of amides is 1. The van der Waals surface area contributed by atoms with Crippen LogP contribution in [0.2, 0.25) is 0 Å². The lowest BCUT2D eigenvalue weighted by atomic mass is 10.3. The van der Waals surface area contributed by atoms with Crippen molar-refractivity contribution in [1.82, 2.24) is 19.9 Å². The number of carboxylic acid groups (broad SMARTS) is 1. The molecule has 0 bridgehead atoms. The molecule has 0 unspecified atom stereocenters. The second-order valence-corrected chi connectivity index (χ2v) is 3.97. The summed E-state index contributed by atoms with van der Waals surface area (Å²) in [6, 6.07) is 3.69. The summed E-state index contributed by atoms with van der Waals surface area (Å²) >= 11 is 0. The fraction of sp³-hybridized carbons (Fsp3) is 0.273. The van der Waals surface area contributed by atoms with Crippen LogP contribution in [0, 0.1) is 6.92 Å². The Morgan fingerprint density at radius 3 is 2.89 bits per heavy atom. The van der Waals surface area contributed by atoms with Gasteiger partial charge in [0, 0.05) is 0 Å². The van der Waals surface area contributed by atoms with Gasteiger partial charge >= 0.3 is 5.97 Å². The summed E-state index contributed by atoms with van der Waals surface area (Å²) in [6.45, 7) is 1.48. The van der Waals surface area contributed by atoms with Crippen LogP contribution >= 0.6 is 0 Å². The molecule has 100 valence electrons. The predicted molar refractivity (Wildman–Crippen MR) is 66.9 cm³/mol. The maximum absolute atomic E-state index is 11.4. The van der Waals surface area contributed by atoms with Crippen LogP contribution < -0.4 is 10.6 Å². The fourth-order valence-corrected chi connectivity index (χ4v) is 1.59. The van der Waals surface area contributed by atoms with Gasteiger partial charge in [-0.1, -0.05) is 0 Å². The monoisotopic (exact) mass is 263 g/mol. The van der Waals surface area contributed by atoms with Gasteiger partial charge in [-0.3, -0.25) is 9.59 Å². The van der Waals surface area contributed by atoms with Crippen LogP contribution in [0.4, 0.5) is 5.82 Å². The summed E-state index contributed by atoms with van der Waals surface area (Å²) in [6.07, 6.45) is 1.42. The van der Waals surface area contributed by atoms with Crippen molar-refractivity contribution in [3.63, 3.8) is 0 Å². The van der Waals surface area contributed by atoms with Gasteiger partial charge in [-0.05, 0) is 24.6 Å². The molecule has 0 aliphatic heterocycles. The first-order valence-electron chi connectivity index (χ1n) is 5.59. The third kappa shape index (κ3) is 3.18. The molecule has 0 saturated heterocycles. The number of anilines is 1. The highest BCUT2D eigenvalue weighted by atomic mass is 16.4. The van der Waals surface area contributed by atoms with Crippen molar-refractivity contribution in [3.05, 3.63) is 24.0 Å². The highest BCUT2D eigenvalue weighted by Gasteiger charge is 2.07. The number of nitrogens with one attached hydrogen (secondary N) is 2. The normalized spacial score (nSPS) is 10.4. The number of nitrogens with zero attached hydrogens (tertiary/aromatic N) is 3. The number of aromatic nitrogens is 3. The lowest BCUT2D eigenvalue weighted by Gasteiger charge is -2.08. The molecule has 2 rings (SSSR count). The number of fused-ring (bicyclic) bond motifs is 1. The van der Waals surface area contributed by atoms with E-state index in [1.165, 1.54) is 6.33 Å². The Balaban J connectivity index is 2.03. The summed E-state index contributed by atoms with van der Waals surface area (Å²) in [5.41, 5.74) is 1.65. The summed E-state index contributed by atoms with van der Waals surface area (Å²) in [5.74, 6) is -0.863. The molecule has 2 aromatic heterocycles. The molecule has 2 heterocycles. The number of carbonyl (C=O) groups is 2. The molecule has 0 aliphatic rings. The van der Waals surface area contributed by atoms with Crippen molar-refractivity contribution >= 4 is 23.3 Å². The molecule has 0 saturated carbocycles. The minimum Gasteiger partial charge on any atom is -0.480 e. The van der Waals surface area contributed by atoms with Crippen LogP contribution in [0.15, 0.2) is 18.5 Å². The Morgan fingerprint density at radius 2 is 2.16 bits per heavy atom. The lowest BCUT2D eigenvalue weighted by Crippen LogP contribution is -2.34. The molecule has 2 aromatic rings. The van der Waals surface area contributed by atoms with Gasteiger partial charge in [0.05, 0.1) is 6.54 Å². The highest BCUT2D eigenvalue weighted by Crippen LogP contribution is 2.12. The van der Waals surface area contributed by atoms with Gasteiger partial charge in [0.25, 0.3) is 0 Å². The molecule has 0 aromatic carbocycles. The first kappa shape index (κ1) is 12.8. The average molecular weight is 263 g/mol. The molecule has 3 N–H and O–H groups in total. The summed E-state index contributed by atoms with van der Waals surface area (Å²) in [4.78, 5) is 25.8. The zero-order valence-corrected chi connectivity index (χ0v) is 10.3. The highest BCUT2D eigenvalue weighted by molar-refractivity contribution is 5.84.